The predicted molar refractivity (Wildman–Crippen MR) is 96.7 cm³/mol. The van der Waals surface area contributed by atoms with Crippen LogP contribution in [0.5, 0.6) is 0 Å². The van der Waals surface area contributed by atoms with Crippen molar-refractivity contribution in [3.05, 3.63) is 69.1 Å². The van der Waals surface area contributed by atoms with Gasteiger partial charge in [-0.15, -0.1) is 0 Å². The number of nitrogens with zero attached hydrogens (tertiary/aromatic N) is 2. The zero-order valence-electron chi connectivity index (χ0n) is 14.2. The van der Waals surface area contributed by atoms with Crippen molar-refractivity contribution in [1.29, 1.82) is 0 Å². The maximum Gasteiger partial charge on any atom is 0.323 e. The molecule has 1 N–H and O–H groups in total. The molecule has 1 aromatic heterocycles. The van der Waals surface area contributed by atoms with E-state index in [1.54, 1.807) is 24.3 Å². The van der Waals surface area contributed by atoms with E-state index in [0.29, 0.717) is 5.02 Å². The molecule has 2 aromatic rings. The van der Waals surface area contributed by atoms with Crippen LogP contribution in [0.25, 0.3) is 0 Å². The molecule has 0 radical (unpaired) electrons. The summed E-state index contributed by atoms with van der Waals surface area (Å²) in [5, 5.41) is 9.52. The number of hydrogen-bond donors (Lipinski definition) is 1. The van der Waals surface area contributed by atoms with Crippen molar-refractivity contribution >= 4 is 23.5 Å². The molecule has 0 fully saturated rings. The van der Waals surface area contributed by atoms with Crippen molar-refractivity contribution in [2.75, 3.05) is 26.8 Å². The number of ether oxygens (including phenoxy) is 1. The number of aromatic nitrogens is 1. The van der Waals surface area contributed by atoms with Gasteiger partial charge in [-0.2, -0.15) is 0 Å². The minimum Gasteiger partial charge on any atom is -0.480 e. The third-order valence-electron chi connectivity index (χ3n) is 3.71. The number of carboxylic acids is 1. The fourth-order valence-electron chi connectivity index (χ4n) is 2.39. The van der Waals surface area contributed by atoms with Crippen LogP contribution in [0, 0.1) is 0 Å². The smallest absolute Gasteiger partial charge is 0.323 e. The fraction of sp³-hybridized carbons (Fsp3) is 0.278. The van der Waals surface area contributed by atoms with E-state index in [2.05, 4.69) is 0 Å². The molecule has 1 heterocycles. The summed E-state index contributed by atoms with van der Waals surface area (Å²) in [5.41, 5.74) is 0.666. The van der Waals surface area contributed by atoms with Gasteiger partial charge in [-0.25, -0.2) is 0 Å². The number of carboxylic acid groups (broad SMARTS) is 1. The predicted octanol–water partition coefficient (Wildman–Crippen LogP) is 1.72. The maximum absolute atomic E-state index is 12.6. The number of carbonyl (C=O) groups excluding carboxylic acids is 1. The lowest BCUT2D eigenvalue weighted by atomic mass is 10.2. The van der Waals surface area contributed by atoms with Gasteiger partial charge in [-0.05, 0) is 17.7 Å². The normalized spacial score (nSPS) is 10.5. The van der Waals surface area contributed by atoms with Gasteiger partial charge in [0.25, 0.3) is 11.5 Å². The highest BCUT2D eigenvalue weighted by molar-refractivity contribution is 6.31. The summed E-state index contributed by atoms with van der Waals surface area (Å²) in [4.78, 5) is 36.9. The van der Waals surface area contributed by atoms with Crippen molar-refractivity contribution in [3.63, 3.8) is 0 Å². The number of rotatable bonds is 8. The first kappa shape index (κ1) is 19.7. The van der Waals surface area contributed by atoms with Crippen molar-refractivity contribution in [3.8, 4) is 0 Å². The first-order valence-corrected chi connectivity index (χ1v) is 8.24. The van der Waals surface area contributed by atoms with Gasteiger partial charge in [0.05, 0.1) is 18.7 Å². The van der Waals surface area contributed by atoms with Crippen LogP contribution in [0.3, 0.4) is 0 Å². The molecule has 0 aliphatic rings. The van der Waals surface area contributed by atoms with E-state index < -0.39 is 18.4 Å². The summed E-state index contributed by atoms with van der Waals surface area (Å²) in [6, 6.07) is 9.76. The highest BCUT2D eigenvalue weighted by Gasteiger charge is 2.19. The van der Waals surface area contributed by atoms with Crippen molar-refractivity contribution in [1.82, 2.24) is 9.47 Å². The standard InChI is InChI=1S/C18H19ClN2O5/c1-26-9-8-20(12-17(23)24)18(25)14-6-7-16(22)21(11-14)10-13-4-2-3-5-15(13)19/h2-7,11H,8-10,12H2,1H3,(H,23,24). The lowest BCUT2D eigenvalue weighted by Crippen LogP contribution is -2.38. The molecular formula is C18H19ClN2O5. The number of halogens is 1. The molecule has 0 spiro atoms. The van der Waals surface area contributed by atoms with Gasteiger partial charge in [0.15, 0.2) is 0 Å². The summed E-state index contributed by atoms with van der Waals surface area (Å²) in [6.45, 7) is 0.0893. The van der Waals surface area contributed by atoms with Gasteiger partial charge in [0, 0.05) is 30.9 Å². The Hall–Kier alpha value is -2.64. The maximum atomic E-state index is 12.6. The molecule has 0 aliphatic carbocycles. The van der Waals surface area contributed by atoms with E-state index in [4.69, 9.17) is 21.4 Å². The van der Waals surface area contributed by atoms with Gasteiger partial charge in [0.2, 0.25) is 0 Å². The van der Waals surface area contributed by atoms with Gasteiger partial charge < -0.3 is 19.3 Å². The monoisotopic (exact) mass is 378 g/mol. The van der Waals surface area contributed by atoms with E-state index in [-0.39, 0.29) is 30.8 Å². The molecule has 8 heteroatoms. The second-order valence-electron chi connectivity index (χ2n) is 5.59. The first-order valence-electron chi connectivity index (χ1n) is 7.86. The Morgan fingerprint density at radius 3 is 2.62 bits per heavy atom. The Kier molecular flexibility index (Phi) is 6.94. The Morgan fingerprint density at radius 1 is 1.23 bits per heavy atom. The van der Waals surface area contributed by atoms with Gasteiger partial charge >= 0.3 is 5.97 Å². The van der Waals surface area contributed by atoms with Crippen molar-refractivity contribution in [2.24, 2.45) is 0 Å². The molecule has 0 atom stereocenters. The van der Waals surface area contributed by atoms with Crippen LogP contribution in [0.4, 0.5) is 0 Å². The Bertz CT molecular complexity index is 849. The van der Waals surface area contributed by atoms with E-state index in [9.17, 15) is 14.4 Å². The molecule has 0 unspecified atom stereocenters. The molecule has 2 rings (SSSR count). The Balaban J connectivity index is 2.29. The highest BCUT2D eigenvalue weighted by Crippen LogP contribution is 2.16. The van der Waals surface area contributed by atoms with E-state index in [1.807, 2.05) is 0 Å². The van der Waals surface area contributed by atoms with Gasteiger partial charge in [-0.1, -0.05) is 29.8 Å². The quantitative estimate of drug-likeness (QED) is 0.755. The number of benzene rings is 1. The van der Waals surface area contributed by atoms with Crippen LogP contribution < -0.4 is 5.56 Å². The minimum atomic E-state index is -1.13. The number of amides is 1. The molecule has 0 aliphatic heterocycles. The number of aliphatic carboxylic acids is 1. The van der Waals surface area contributed by atoms with Crippen LogP contribution >= 0.6 is 11.6 Å². The molecule has 26 heavy (non-hydrogen) atoms. The molecule has 0 saturated carbocycles. The SMILES string of the molecule is COCCN(CC(=O)O)C(=O)c1ccc(=O)n(Cc2ccccc2Cl)c1. The van der Waals surface area contributed by atoms with Crippen molar-refractivity contribution < 1.29 is 19.4 Å². The summed E-state index contributed by atoms with van der Waals surface area (Å²) in [6.07, 6.45) is 1.41. The van der Waals surface area contributed by atoms with Crippen molar-refractivity contribution in [2.45, 2.75) is 6.54 Å². The molecule has 138 valence electrons. The zero-order chi connectivity index (χ0) is 19.1. The summed E-state index contributed by atoms with van der Waals surface area (Å²) in [7, 11) is 1.47. The number of carbonyl (C=O) groups is 2. The Labute approximate surface area is 155 Å². The van der Waals surface area contributed by atoms with Crippen LogP contribution in [-0.2, 0) is 16.1 Å². The van der Waals surface area contributed by atoms with E-state index in [1.165, 1.54) is 30.0 Å². The molecule has 1 aromatic carbocycles. The lowest BCUT2D eigenvalue weighted by Gasteiger charge is -2.20. The molecule has 0 bridgehead atoms. The van der Waals surface area contributed by atoms with Crippen LogP contribution in [0.2, 0.25) is 5.02 Å². The third-order valence-corrected chi connectivity index (χ3v) is 4.08. The molecular weight excluding hydrogens is 360 g/mol. The van der Waals surface area contributed by atoms with Crippen LogP contribution in [0.15, 0.2) is 47.4 Å². The first-order chi connectivity index (χ1) is 12.4. The summed E-state index contributed by atoms with van der Waals surface area (Å²) < 4.78 is 6.28. The van der Waals surface area contributed by atoms with Crippen LogP contribution in [0.1, 0.15) is 15.9 Å². The highest BCUT2D eigenvalue weighted by atomic mass is 35.5. The second-order valence-corrected chi connectivity index (χ2v) is 6.00. The largest absolute Gasteiger partial charge is 0.480 e. The fourth-order valence-corrected chi connectivity index (χ4v) is 2.59. The summed E-state index contributed by atoms with van der Waals surface area (Å²) in [5.74, 6) is -1.61. The van der Waals surface area contributed by atoms with Crippen LogP contribution in [-0.4, -0.2) is 53.3 Å². The molecule has 1 amide bonds. The lowest BCUT2D eigenvalue weighted by molar-refractivity contribution is -0.137. The topological polar surface area (TPSA) is 88.8 Å². The van der Waals surface area contributed by atoms with E-state index >= 15 is 0 Å². The van der Waals surface area contributed by atoms with E-state index in [0.717, 1.165) is 10.5 Å². The Morgan fingerprint density at radius 2 is 1.96 bits per heavy atom. The minimum absolute atomic E-state index is 0.130. The molecule has 0 saturated heterocycles. The average Bonchev–Trinajstić information content (AvgIpc) is 2.61. The average molecular weight is 379 g/mol. The number of methoxy groups -OCH3 is 1. The van der Waals surface area contributed by atoms with Gasteiger partial charge in [0.1, 0.15) is 6.54 Å². The number of pyridine rings is 1. The third kappa shape index (κ3) is 5.18. The zero-order valence-corrected chi connectivity index (χ0v) is 15.0. The number of hydrogen-bond acceptors (Lipinski definition) is 4. The molecule has 7 nitrogen and oxygen atoms in total. The second kappa shape index (κ2) is 9.17. The van der Waals surface area contributed by atoms with Gasteiger partial charge in [-0.3, -0.25) is 14.4 Å². The summed E-state index contributed by atoms with van der Waals surface area (Å²) >= 11 is 6.12.